The Morgan fingerprint density at radius 2 is 1.78 bits per heavy atom. The molecule has 2 N–H and O–H groups in total. The van der Waals surface area contributed by atoms with Gasteiger partial charge in [0.15, 0.2) is 0 Å². The zero-order valence-electron chi connectivity index (χ0n) is 18.2. The van der Waals surface area contributed by atoms with Gasteiger partial charge in [0, 0.05) is 16.9 Å². The third kappa shape index (κ3) is 3.95. The van der Waals surface area contributed by atoms with Crippen LogP contribution >= 0.6 is 0 Å². The van der Waals surface area contributed by atoms with Gasteiger partial charge in [-0.3, -0.25) is 9.69 Å². The highest BCUT2D eigenvalue weighted by Gasteiger charge is 2.34. The van der Waals surface area contributed by atoms with Crippen LogP contribution in [0.25, 0.3) is 0 Å². The lowest BCUT2D eigenvalue weighted by Gasteiger charge is -2.38. The number of para-hydroxylation sites is 2. The third-order valence-corrected chi connectivity index (χ3v) is 6.22. The molecule has 0 saturated carbocycles. The minimum absolute atomic E-state index is 0.00766. The SMILES string of the molecule is COc1ccc([C@H]2Nc3ccccc3C(=O)N2c2ccccc2)cc1C[NH+]1CCOCC1. The van der Waals surface area contributed by atoms with Crippen molar-refractivity contribution in [2.45, 2.75) is 12.7 Å². The minimum atomic E-state index is -0.316. The van der Waals surface area contributed by atoms with E-state index in [1.54, 1.807) is 7.11 Å². The number of benzene rings is 3. The summed E-state index contributed by atoms with van der Waals surface area (Å²) in [5.41, 5.74) is 4.56. The van der Waals surface area contributed by atoms with Gasteiger partial charge in [-0.05, 0) is 42.0 Å². The van der Waals surface area contributed by atoms with Gasteiger partial charge in [-0.2, -0.15) is 0 Å². The van der Waals surface area contributed by atoms with E-state index in [1.165, 1.54) is 4.90 Å². The number of rotatable bonds is 5. The summed E-state index contributed by atoms with van der Waals surface area (Å²) >= 11 is 0. The summed E-state index contributed by atoms with van der Waals surface area (Å²) < 4.78 is 11.2. The number of hydrogen-bond donors (Lipinski definition) is 2. The molecule has 1 fully saturated rings. The first-order chi connectivity index (χ1) is 15.7. The van der Waals surface area contributed by atoms with Crippen LogP contribution in [0.4, 0.5) is 11.4 Å². The number of morpholine rings is 1. The van der Waals surface area contributed by atoms with Gasteiger partial charge in [0.05, 0.1) is 25.9 Å². The van der Waals surface area contributed by atoms with Crippen LogP contribution in [0.5, 0.6) is 5.75 Å². The van der Waals surface area contributed by atoms with Crippen LogP contribution in [-0.2, 0) is 11.3 Å². The monoisotopic (exact) mass is 430 g/mol. The lowest BCUT2D eigenvalue weighted by atomic mass is 10.0. The van der Waals surface area contributed by atoms with Crippen LogP contribution in [0.15, 0.2) is 72.8 Å². The highest BCUT2D eigenvalue weighted by molar-refractivity contribution is 6.12. The molecule has 1 atom stereocenters. The number of anilines is 2. The Labute approximate surface area is 188 Å². The fraction of sp³-hybridized carbons (Fsp3) is 0.269. The predicted octanol–water partition coefficient (Wildman–Crippen LogP) is 2.88. The van der Waals surface area contributed by atoms with Crippen LogP contribution in [0.1, 0.15) is 27.7 Å². The standard InChI is InChI=1S/C26H27N3O3/c1-31-24-12-11-19(17-20(24)18-28-13-15-32-16-14-28)25-27-23-10-6-5-9-22(23)26(30)29(25)21-7-3-2-4-8-21/h2-12,17,25,27H,13-16,18H2,1H3/p+1/t25-/m0/s1. The average Bonchev–Trinajstić information content (AvgIpc) is 2.85. The largest absolute Gasteiger partial charge is 0.496 e. The summed E-state index contributed by atoms with van der Waals surface area (Å²) in [6.07, 6.45) is -0.316. The van der Waals surface area contributed by atoms with Crippen LogP contribution in [0, 0.1) is 0 Å². The predicted molar refractivity (Wildman–Crippen MR) is 124 cm³/mol. The maximum absolute atomic E-state index is 13.6. The molecular weight excluding hydrogens is 402 g/mol. The second-order valence-corrected chi connectivity index (χ2v) is 8.21. The van der Waals surface area contributed by atoms with Gasteiger partial charge >= 0.3 is 0 Å². The summed E-state index contributed by atoms with van der Waals surface area (Å²) in [4.78, 5) is 16.9. The van der Waals surface area contributed by atoms with E-state index < -0.39 is 0 Å². The summed E-state index contributed by atoms with van der Waals surface area (Å²) in [6.45, 7) is 4.40. The average molecular weight is 431 g/mol. The molecule has 2 heterocycles. The number of quaternary nitrogens is 1. The Hall–Kier alpha value is -3.35. The number of amides is 1. The van der Waals surface area contributed by atoms with Gasteiger partial charge in [-0.1, -0.05) is 36.4 Å². The molecule has 1 amide bonds. The molecule has 0 bridgehead atoms. The summed E-state index contributed by atoms with van der Waals surface area (Å²) in [6, 6.07) is 23.8. The van der Waals surface area contributed by atoms with Crippen molar-refractivity contribution >= 4 is 17.3 Å². The van der Waals surface area contributed by atoms with E-state index in [9.17, 15) is 4.79 Å². The van der Waals surface area contributed by atoms with E-state index in [0.29, 0.717) is 5.56 Å². The van der Waals surface area contributed by atoms with E-state index in [1.807, 2.05) is 71.6 Å². The van der Waals surface area contributed by atoms with Gasteiger partial charge in [0.25, 0.3) is 5.91 Å². The van der Waals surface area contributed by atoms with E-state index in [2.05, 4.69) is 11.4 Å². The van der Waals surface area contributed by atoms with E-state index in [0.717, 1.165) is 61.1 Å². The number of fused-ring (bicyclic) bond motifs is 1. The molecule has 164 valence electrons. The number of carbonyl (C=O) groups excluding carboxylic acids is 1. The van der Waals surface area contributed by atoms with Crippen LogP contribution in [0.2, 0.25) is 0 Å². The molecular formula is C26H28N3O3+. The molecule has 2 aliphatic rings. The highest BCUT2D eigenvalue weighted by atomic mass is 16.5. The Balaban J connectivity index is 1.55. The summed E-state index contributed by atoms with van der Waals surface area (Å²) in [7, 11) is 1.71. The van der Waals surface area contributed by atoms with Crippen molar-refractivity contribution < 1.29 is 19.2 Å². The topological polar surface area (TPSA) is 55.2 Å². The van der Waals surface area contributed by atoms with Crippen molar-refractivity contribution in [3.8, 4) is 5.75 Å². The van der Waals surface area contributed by atoms with E-state index in [-0.39, 0.29) is 12.1 Å². The number of methoxy groups -OCH3 is 1. The van der Waals surface area contributed by atoms with Crippen molar-refractivity contribution in [3.63, 3.8) is 0 Å². The van der Waals surface area contributed by atoms with Crippen LogP contribution in [-0.4, -0.2) is 39.3 Å². The van der Waals surface area contributed by atoms with Gasteiger partial charge < -0.3 is 19.7 Å². The highest BCUT2D eigenvalue weighted by Crippen LogP contribution is 2.37. The Morgan fingerprint density at radius 1 is 1.03 bits per heavy atom. The minimum Gasteiger partial charge on any atom is -0.496 e. The van der Waals surface area contributed by atoms with Crippen molar-refractivity contribution in [3.05, 3.63) is 89.5 Å². The fourth-order valence-corrected chi connectivity index (χ4v) is 4.55. The quantitative estimate of drug-likeness (QED) is 0.654. The molecule has 1 saturated heterocycles. The summed E-state index contributed by atoms with van der Waals surface area (Å²) in [5, 5.41) is 3.60. The Bertz CT molecular complexity index is 1100. The third-order valence-electron chi connectivity index (χ3n) is 6.22. The van der Waals surface area contributed by atoms with Gasteiger partial charge in [0.2, 0.25) is 0 Å². The molecule has 0 radical (unpaired) electrons. The Morgan fingerprint density at radius 3 is 2.56 bits per heavy atom. The molecule has 3 aromatic carbocycles. The van der Waals surface area contributed by atoms with Crippen LogP contribution < -0.4 is 19.9 Å². The number of carbonyl (C=O) groups is 1. The second-order valence-electron chi connectivity index (χ2n) is 8.21. The fourth-order valence-electron chi connectivity index (χ4n) is 4.55. The maximum Gasteiger partial charge on any atom is 0.262 e. The first kappa shape index (κ1) is 20.5. The van der Waals surface area contributed by atoms with Gasteiger partial charge in [-0.15, -0.1) is 0 Å². The zero-order valence-corrected chi connectivity index (χ0v) is 18.2. The molecule has 6 heteroatoms. The molecule has 3 aromatic rings. The number of hydrogen-bond acceptors (Lipinski definition) is 4. The van der Waals surface area contributed by atoms with Gasteiger partial charge in [-0.25, -0.2) is 0 Å². The number of ether oxygens (including phenoxy) is 2. The number of nitrogens with one attached hydrogen (secondary N) is 2. The number of nitrogens with zero attached hydrogens (tertiary/aromatic N) is 1. The molecule has 2 aliphatic heterocycles. The molecule has 0 unspecified atom stereocenters. The zero-order chi connectivity index (χ0) is 21.9. The molecule has 0 aromatic heterocycles. The smallest absolute Gasteiger partial charge is 0.262 e. The summed E-state index contributed by atoms with van der Waals surface area (Å²) in [5.74, 6) is 0.869. The van der Waals surface area contributed by atoms with Crippen molar-refractivity contribution in [1.82, 2.24) is 0 Å². The lowest BCUT2D eigenvalue weighted by Crippen LogP contribution is -3.12. The molecule has 5 rings (SSSR count). The molecule has 6 nitrogen and oxygen atoms in total. The van der Waals surface area contributed by atoms with Crippen molar-refractivity contribution in [1.29, 1.82) is 0 Å². The van der Waals surface area contributed by atoms with Crippen molar-refractivity contribution in [2.75, 3.05) is 43.6 Å². The molecule has 32 heavy (non-hydrogen) atoms. The van der Waals surface area contributed by atoms with E-state index in [4.69, 9.17) is 9.47 Å². The first-order valence-electron chi connectivity index (χ1n) is 11.1. The maximum atomic E-state index is 13.6. The Kier molecular flexibility index (Phi) is 5.79. The van der Waals surface area contributed by atoms with Crippen LogP contribution in [0.3, 0.4) is 0 Å². The van der Waals surface area contributed by atoms with E-state index >= 15 is 0 Å². The van der Waals surface area contributed by atoms with Crippen molar-refractivity contribution in [2.24, 2.45) is 0 Å². The molecule has 0 spiro atoms. The first-order valence-corrected chi connectivity index (χ1v) is 11.1. The normalized spacial score (nSPS) is 18.7. The lowest BCUT2D eigenvalue weighted by molar-refractivity contribution is -0.921. The molecule has 0 aliphatic carbocycles. The second kappa shape index (κ2) is 9.02. The van der Waals surface area contributed by atoms with Gasteiger partial charge in [0.1, 0.15) is 31.5 Å².